The van der Waals surface area contributed by atoms with Gasteiger partial charge < -0.3 is 14.5 Å². The van der Waals surface area contributed by atoms with Crippen molar-refractivity contribution in [2.24, 2.45) is 0 Å². The van der Waals surface area contributed by atoms with Crippen molar-refractivity contribution in [3.05, 3.63) is 82.7 Å². The number of hydrogen-bond acceptors (Lipinski definition) is 4. The smallest absolute Gasteiger partial charge is 0.349 e. The van der Waals surface area contributed by atoms with Gasteiger partial charge in [0.05, 0.1) is 7.11 Å². The van der Waals surface area contributed by atoms with Crippen molar-refractivity contribution in [1.82, 2.24) is 0 Å². The van der Waals surface area contributed by atoms with Crippen LogP contribution in [0.2, 0.25) is 0 Å². The number of benzene rings is 3. The van der Waals surface area contributed by atoms with Crippen molar-refractivity contribution in [3.8, 4) is 5.75 Å². The molecule has 0 radical (unpaired) electrons. The second kappa shape index (κ2) is 6.37. The van der Waals surface area contributed by atoms with E-state index < -0.39 is 11.5 Å². The van der Waals surface area contributed by atoms with Crippen LogP contribution >= 0.6 is 0 Å². The van der Waals surface area contributed by atoms with E-state index in [0.29, 0.717) is 22.4 Å². The summed E-state index contributed by atoms with van der Waals surface area (Å²) in [4.78, 5) is 25.0. The molecule has 0 saturated carbocycles. The van der Waals surface area contributed by atoms with E-state index in [1.807, 2.05) is 36.4 Å². The summed E-state index contributed by atoms with van der Waals surface area (Å²) in [7, 11) is 1.50. The quantitative estimate of drug-likeness (QED) is 0.565. The van der Waals surface area contributed by atoms with Gasteiger partial charge in [-0.05, 0) is 23.6 Å². The van der Waals surface area contributed by atoms with Crippen LogP contribution in [0.15, 0.2) is 75.9 Å². The van der Waals surface area contributed by atoms with Crippen LogP contribution in [0, 0.1) is 0 Å². The normalized spacial score (nSPS) is 10.8. The molecule has 0 fully saturated rings. The highest BCUT2D eigenvalue weighted by Gasteiger charge is 2.16. The van der Waals surface area contributed by atoms with E-state index in [-0.39, 0.29) is 5.56 Å². The molecule has 1 N–H and O–H groups in total. The molecule has 5 nitrogen and oxygen atoms in total. The lowest BCUT2D eigenvalue weighted by Crippen LogP contribution is -2.20. The van der Waals surface area contributed by atoms with E-state index in [1.54, 1.807) is 24.3 Å². The van der Waals surface area contributed by atoms with Crippen molar-refractivity contribution in [2.45, 2.75) is 0 Å². The van der Waals surface area contributed by atoms with E-state index in [1.165, 1.54) is 13.2 Å². The molecular formula is C21H15NO4. The lowest BCUT2D eigenvalue weighted by molar-refractivity contribution is 0.102. The minimum absolute atomic E-state index is 0.0568. The first-order valence-corrected chi connectivity index (χ1v) is 8.07. The van der Waals surface area contributed by atoms with Crippen molar-refractivity contribution in [3.63, 3.8) is 0 Å². The topological polar surface area (TPSA) is 68.5 Å². The van der Waals surface area contributed by atoms with Gasteiger partial charge in [0.2, 0.25) is 0 Å². The Morgan fingerprint density at radius 3 is 2.54 bits per heavy atom. The van der Waals surface area contributed by atoms with E-state index in [0.717, 1.165) is 10.8 Å². The largest absolute Gasteiger partial charge is 0.493 e. The Labute approximate surface area is 148 Å². The number of ether oxygens (including phenoxy) is 1. The number of anilines is 1. The predicted molar refractivity (Wildman–Crippen MR) is 101 cm³/mol. The van der Waals surface area contributed by atoms with Crippen LogP contribution in [0.3, 0.4) is 0 Å². The molecule has 0 saturated heterocycles. The monoisotopic (exact) mass is 345 g/mol. The van der Waals surface area contributed by atoms with E-state index in [4.69, 9.17) is 9.15 Å². The fraction of sp³-hybridized carbons (Fsp3) is 0.0476. The summed E-state index contributed by atoms with van der Waals surface area (Å²) < 4.78 is 10.5. The van der Waals surface area contributed by atoms with Gasteiger partial charge in [0.25, 0.3) is 5.91 Å². The number of rotatable bonds is 3. The molecule has 4 rings (SSSR count). The lowest BCUT2D eigenvalue weighted by atomic mass is 10.1. The summed E-state index contributed by atoms with van der Waals surface area (Å²) in [6.45, 7) is 0. The lowest BCUT2D eigenvalue weighted by Gasteiger charge is -2.09. The summed E-state index contributed by atoms with van der Waals surface area (Å²) in [5.74, 6) is -0.0690. The third kappa shape index (κ3) is 2.69. The third-order valence-electron chi connectivity index (χ3n) is 4.23. The van der Waals surface area contributed by atoms with Crippen LogP contribution in [0.5, 0.6) is 5.75 Å². The first-order chi connectivity index (χ1) is 12.7. The molecule has 1 aromatic heterocycles. The average molecular weight is 345 g/mol. The average Bonchev–Trinajstić information content (AvgIpc) is 2.67. The zero-order valence-electron chi connectivity index (χ0n) is 14.0. The third-order valence-corrected chi connectivity index (χ3v) is 4.23. The van der Waals surface area contributed by atoms with Crippen LogP contribution in [0.25, 0.3) is 21.7 Å². The van der Waals surface area contributed by atoms with Crippen LogP contribution in [0.4, 0.5) is 5.69 Å². The van der Waals surface area contributed by atoms with Gasteiger partial charge in [-0.2, -0.15) is 0 Å². The summed E-state index contributed by atoms with van der Waals surface area (Å²) in [6.07, 6.45) is 0. The maximum atomic E-state index is 12.7. The van der Waals surface area contributed by atoms with Crippen molar-refractivity contribution in [1.29, 1.82) is 0 Å². The van der Waals surface area contributed by atoms with E-state index in [2.05, 4.69) is 5.32 Å². The fourth-order valence-corrected chi connectivity index (χ4v) is 2.96. The molecule has 26 heavy (non-hydrogen) atoms. The van der Waals surface area contributed by atoms with Crippen LogP contribution < -0.4 is 15.7 Å². The molecule has 0 atom stereocenters. The molecule has 0 unspecified atom stereocenters. The van der Waals surface area contributed by atoms with Gasteiger partial charge in [-0.1, -0.05) is 48.5 Å². The first kappa shape index (κ1) is 15.9. The number of nitrogens with one attached hydrogen (secondary N) is 1. The Balaban J connectivity index is 1.77. The summed E-state index contributed by atoms with van der Waals surface area (Å²) >= 11 is 0. The molecule has 0 aliphatic carbocycles. The number of para-hydroxylation sites is 1. The van der Waals surface area contributed by atoms with Crippen molar-refractivity contribution >= 4 is 33.3 Å². The summed E-state index contributed by atoms with van der Waals surface area (Å²) in [6, 6.07) is 20.1. The number of fused-ring (bicyclic) bond motifs is 2. The van der Waals surface area contributed by atoms with Crippen LogP contribution in [0.1, 0.15) is 10.4 Å². The Morgan fingerprint density at radius 1 is 0.962 bits per heavy atom. The highest BCUT2D eigenvalue weighted by atomic mass is 16.5. The van der Waals surface area contributed by atoms with Crippen LogP contribution in [-0.4, -0.2) is 13.0 Å². The minimum Gasteiger partial charge on any atom is -0.493 e. The Bertz CT molecular complexity index is 1190. The van der Waals surface area contributed by atoms with Crippen LogP contribution in [-0.2, 0) is 0 Å². The highest BCUT2D eigenvalue weighted by Crippen LogP contribution is 2.26. The molecule has 128 valence electrons. The standard InChI is InChI=1S/C21H15NO4/c1-25-18-11-5-8-14-12-16(21(24)26-19(14)18)20(23)22-17-10-4-7-13-6-2-3-9-15(13)17/h2-12H,1H3,(H,22,23). The zero-order chi connectivity index (χ0) is 18.1. The van der Waals surface area contributed by atoms with Gasteiger partial charge in [-0.15, -0.1) is 0 Å². The maximum absolute atomic E-state index is 12.7. The van der Waals surface area contributed by atoms with Gasteiger partial charge in [0.1, 0.15) is 5.56 Å². The van der Waals surface area contributed by atoms with E-state index >= 15 is 0 Å². The number of carbonyl (C=O) groups is 1. The molecule has 4 aromatic rings. The molecule has 0 aliphatic rings. The Hall–Kier alpha value is -3.60. The fourth-order valence-electron chi connectivity index (χ4n) is 2.96. The molecule has 3 aromatic carbocycles. The molecule has 1 amide bonds. The maximum Gasteiger partial charge on any atom is 0.349 e. The van der Waals surface area contributed by atoms with Gasteiger partial charge in [0, 0.05) is 16.5 Å². The predicted octanol–water partition coefficient (Wildman–Crippen LogP) is 4.21. The van der Waals surface area contributed by atoms with Gasteiger partial charge >= 0.3 is 5.63 Å². The Morgan fingerprint density at radius 2 is 1.69 bits per heavy atom. The molecule has 0 aliphatic heterocycles. The van der Waals surface area contributed by atoms with Crippen molar-refractivity contribution in [2.75, 3.05) is 12.4 Å². The second-order valence-corrected chi connectivity index (χ2v) is 5.81. The van der Waals surface area contributed by atoms with Gasteiger partial charge in [0.15, 0.2) is 11.3 Å². The summed E-state index contributed by atoms with van der Waals surface area (Å²) in [5, 5.41) is 5.32. The van der Waals surface area contributed by atoms with Gasteiger partial charge in [-0.25, -0.2) is 4.79 Å². The molecular weight excluding hydrogens is 330 g/mol. The number of carbonyl (C=O) groups excluding carboxylic acids is 1. The zero-order valence-corrected chi connectivity index (χ0v) is 14.0. The molecule has 0 spiro atoms. The highest BCUT2D eigenvalue weighted by molar-refractivity contribution is 6.09. The van der Waals surface area contributed by atoms with E-state index in [9.17, 15) is 9.59 Å². The number of amides is 1. The first-order valence-electron chi connectivity index (χ1n) is 8.07. The second-order valence-electron chi connectivity index (χ2n) is 5.81. The minimum atomic E-state index is -0.709. The molecule has 1 heterocycles. The van der Waals surface area contributed by atoms with Gasteiger partial charge in [-0.3, -0.25) is 4.79 Å². The number of methoxy groups -OCH3 is 1. The summed E-state index contributed by atoms with van der Waals surface area (Å²) in [5.41, 5.74) is 0.193. The van der Waals surface area contributed by atoms with Crippen molar-refractivity contribution < 1.29 is 13.9 Å². The molecule has 0 bridgehead atoms. The number of hydrogen-bond donors (Lipinski definition) is 1. The SMILES string of the molecule is COc1cccc2cc(C(=O)Nc3cccc4ccccc34)c(=O)oc12. The molecule has 5 heteroatoms. The Kier molecular flexibility index (Phi) is 3.89.